The van der Waals surface area contributed by atoms with E-state index < -0.39 is 0 Å². The van der Waals surface area contributed by atoms with Crippen LogP contribution in [0.2, 0.25) is 0 Å². The van der Waals surface area contributed by atoms with E-state index in [1.807, 2.05) is 30.3 Å². The summed E-state index contributed by atoms with van der Waals surface area (Å²) in [6.45, 7) is 0. The Bertz CT molecular complexity index is 784. The molecule has 3 rings (SSSR count). The van der Waals surface area contributed by atoms with Crippen molar-refractivity contribution in [3.8, 4) is 6.07 Å². The molecule has 1 N–H and O–H groups in total. The lowest BCUT2D eigenvalue weighted by Crippen LogP contribution is -2.14. The predicted molar refractivity (Wildman–Crippen MR) is 94.5 cm³/mol. The summed E-state index contributed by atoms with van der Waals surface area (Å²) in [5, 5.41) is 12.8. The number of carbonyl (C=O) groups excluding carboxylic acids is 1. The third kappa shape index (κ3) is 3.92. The maximum Gasteiger partial charge on any atom is 0.234 e. The number of carbonyl (C=O) groups is 1. The lowest BCUT2D eigenvalue weighted by molar-refractivity contribution is -0.113. The molecule has 6 heteroatoms. The number of amides is 1. The number of nitriles is 1. The van der Waals surface area contributed by atoms with Crippen LogP contribution in [-0.2, 0) is 17.6 Å². The lowest BCUT2D eigenvalue weighted by Gasteiger charge is -2.07. The number of pyridine rings is 1. The van der Waals surface area contributed by atoms with Gasteiger partial charge < -0.3 is 5.32 Å². The average molecular weight is 388 g/mol. The first-order chi connectivity index (χ1) is 11.2. The van der Waals surface area contributed by atoms with Crippen molar-refractivity contribution in [3.05, 3.63) is 51.6 Å². The van der Waals surface area contributed by atoms with Crippen molar-refractivity contribution in [3.63, 3.8) is 0 Å². The normalized spacial score (nSPS) is 12.5. The Hall–Kier alpha value is -1.84. The first-order valence-electron chi connectivity index (χ1n) is 7.27. The lowest BCUT2D eigenvalue weighted by atomic mass is 10.2. The molecule has 0 unspecified atom stereocenters. The van der Waals surface area contributed by atoms with E-state index in [4.69, 9.17) is 0 Å². The van der Waals surface area contributed by atoms with Gasteiger partial charge in [-0.05, 0) is 55.2 Å². The Kier molecular flexibility index (Phi) is 4.99. The fourth-order valence-corrected chi connectivity index (χ4v) is 3.55. The van der Waals surface area contributed by atoms with Crippen LogP contribution in [-0.4, -0.2) is 16.6 Å². The summed E-state index contributed by atoms with van der Waals surface area (Å²) in [7, 11) is 0. The second kappa shape index (κ2) is 7.16. The van der Waals surface area contributed by atoms with Crippen molar-refractivity contribution in [2.75, 3.05) is 11.1 Å². The molecule has 1 amide bonds. The van der Waals surface area contributed by atoms with Gasteiger partial charge in [-0.15, -0.1) is 0 Å². The summed E-state index contributed by atoms with van der Waals surface area (Å²) in [5.41, 5.74) is 3.55. The van der Waals surface area contributed by atoms with Crippen LogP contribution in [0.3, 0.4) is 0 Å². The van der Waals surface area contributed by atoms with Crippen LogP contribution in [0.4, 0.5) is 5.69 Å². The van der Waals surface area contributed by atoms with Gasteiger partial charge in [-0.1, -0.05) is 27.7 Å². The molecule has 0 radical (unpaired) electrons. The quantitative estimate of drug-likeness (QED) is 0.806. The molecule has 2 aromatic rings. The largest absolute Gasteiger partial charge is 0.325 e. The monoisotopic (exact) mass is 387 g/mol. The highest BCUT2D eigenvalue weighted by molar-refractivity contribution is 9.10. The topological polar surface area (TPSA) is 65.8 Å². The van der Waals surface area contributed by atoms with Gasteiger partial charge in [-0.3, -0.25) is 4.79 Å². The summed E-state index contributed by atoms with van der Waals surface area (Å²) >= 11 is 4.67. The Balaban J connectivity index is 1.65. The SMILES string of the molecule is N#Cc1cc2c(nc1SCC(=O)Nc1ccc(Br)cc1)CCC2. The first kappa shape index (κ1) is 16.0. The molecule has 0 bridgehead atoms. The highest BCUT2D eigenvalue weighted by Gasteiger charge is 2.17. The fraction of sp³-hybridized carbons (Fsp3) is 0.235. The number of hydrogen-bond acceptors (Lipinski definition) is 4. The Morgan fingerprint density at radius 3 is 2.87 bits per heavy atom. The highest BCUT2D eigenvalue weighted by atomic mass is 79.9. The maximum atomic E-state index is 12.0. The molecule has 0 aliphatic heterocycles. The van der Waals surface area contributed by atoms with Gasteiger partial charge in [0, 0.05) is 15.9 Å². The van der Waals surface area contributed by atoms with E-state index in [1.165, 1.54) is 17.3 Å². The second-order valence-corrected chi connectivity index (χ2v) is 7.14. The summed E-state index contributed by atoms with van der Waals surface area (Å²) in [6, 6.07) is 11.5. The van der Waals surface area contributed by atoms with E-state index in [9.17, 15) is 10.1 Å². The number of benzene rings is 1. The number of nitrogens with one attached hydrogen (secondary N) is 1. The third-order valence-corrected chi connectivity index (χ3v) is 5.12. The first-order valence-corrected chi connectivity index (χ1v) is 9.04. The third-order valence-electron chi connectivity index (χ3n) is 3.60. The van der Waals surface area contributed by atoms with Gasteiger partial charge in [-0.25, -0.2) is 4.98 Å². The van der Waals surface area contributed by atoms with Gasteiger partial charge in [0.25, 0.3) is 0 Å². The van der Waals surface area contributed by atoms with E-state index in [2.05, 4.69) is 32.3 Å². The average Bonchev–Trinajstić information content (AvgIpc) is 3.01. The zero-order chi connectivity index (χ0) is 16.2. The Morgan fingerprint density at radius 2 is 2.13 bits per heavy atom. The number of hydrogen-bond donors (Lipinski definition) is 1. The van der Waals surface area contributed by atoms with Crippen molar-refractivity contribution in [2.24, 2.45) is 0 Å². The molecule has 0 fully saturated rings. The minimum atomic E-state index is -0.108. The number of anilines is 1. The highest BCUT2D eigenvalue weighted by Crippen LogP contribution is 2.27. The molecule has 1 aromatic carbocycles. The molecule has 23 heavy (non-hydrogen) atoms. The van der Waals surface area contributed by atoms with Gasteiger partial charge in [0.05, 0.1) is 11.3 Å². The van der Waals surface area contributed by atoms with Crippen LogP contribution in [0.1, 0.15) is 23.2 Å². The van der Waals surface area contributed by atoms with Crippen molar-refractivity contribution in [1.29, 1.82) is 5.26 Å². The zero-order valence-electron chi connectivity index (χ0n) is 12.3. The number of fused-ring (bicyclic) bond motifs is 1. The maximum absolute atomic E-state index is 12.0. The molecule has 116 valence electrons. The predicted octanol–water partition coefficient (Wildman–Crippen LogP) is 3.94. The van der Waals surface area contributed by atoms with E-state index in [0.717, 1.165) is 35.1 Å². The van der Waals surface area contributed by atoms with Crippen molar-refractivity contribution < 1.29 is 4.79 Å². The van der Waals surface area contributed by atoms with Gasteiger partial charge >= 0.3 is 0 Å². The van der Waals surface area contributed by atoms with Gasteiger partial charge in [0.2, 0.25) is 5.91 Å². The van der Waals surface area contributed by atoms with Crippen molar-refractivity contribution >= 4 is 39.3 Å². The minimum absolute atomic E-state index is 0.108. The zero-order valence-corrected chi connectivity index (χ0v) is 14.7. The van der Waals surface area contributed by atoms with E-state index in [-0.39, 0.29) is 11.7 Å². The van der Waals surface area contributed by atoms with Crippen molar-refractivity contribution in [2.45, 2.75) is 24.3 Å². The Morgan fingerprint density at radius 1 is 1.35 bits per heavy atom. The number of rotatable bonds is 4. The summed E-state index contributed by atoms with van der Waals surface area (Å²) in [4.78, 5) is 16.6. The number of aryl methyl sites for hydroxylation is 2. The smallest absolute Gasteiger partial charge is 0.234 e. The Labute approximate surface area is 147 Å². The van der Waals surface area contributed by atoms with Crippen LogP contribution < -0.4 is 5.32 Å². The molecular weight excluding hydrogens is 374 g/mol. The fourth-order valence-electron chi connectivity index (χ4n) is 2.51. The van der Waals surface area contributed by atoms with Crippen LogP contribution in [0.15, 0.2) is 39.8 Å². The number of halogens is 1. The summed E-state index contributed by atoms with van der Waals surface area (Å²) < 4.78 is 0.964. The molecule has 0 saturated heterocycles. The molecule has 1 aliphatic rings. The van der Waals surface area contributed by atoms with Crippen LogP contribution in [0.25, 0.3) is 0 Å². The molecule has 0 atom stereocenters. The van der Waals surface area contributed by atoms with Crippen LogP contribution in [0.5, 0.6) is 0 Å². The van der Waals surface area contributed by atoms with Crippen LogP contribution >= 0.6 is 27.7 Å². The molecule has 1 heterocycles. The van der Waals surface area contributed by atoms with E-state index in [0.29, 0.717) is 10.6 Å². The van der Waals surface area contributed by atoms with Gasteiger partial charge in [0.1, 0.15) is 11.1 Å². The number of aromatic nitrogens is 1. The molecule has 0 saturated carbocycles. The molecule has 4 nitrogen and oxygen atoms in total. The standard InChI is InChI=1S/C17H14BrN3OS/c18-13-4-6-14(7-5-13)20-16(22)10-23-17-12(9-19)8-11-2-1-3-15(11)21-17/h4-8H,1-3,10H2,(H,20,22). The molecule has 0 spiro atoms. The number of thioether (sulfide) groups is 1. The van der Waals surface area contributed by atoms with Crippen LogP contribution in [0, 0.1) is 11.3 Å². The van der Waals surface area contributed by atoms with Gasteiger partial charge in [0.15, 0.2) is 0 Å². The summed E-state index contributed by atoms with van der Waals surface area (Å²) in [5.74, 6) is 0.125. The second-order valence-electron chi connectivity index (χ2n) is 5.26. The number of nitrogens with zero attached hydrogens (tertiary/aromatic N) is 2. The summed E-state index contributed by atoms with van der Waals surface area (Å²) in [6.07, 6.45) is 3.04. The van der Waals surface area contributed by atoms with Crippen molar-refractivity contribution in [1.82, 2.24) is 4.98 Å². The van der Waals surface area contributed by atoms with E-state index >= 15 is 0 Å². The molecule has 1 aliphatic carbocycles. The van der Waals surface area contributed by atoms with E-state index in [1.54, 1.807) is 0 Å². The minimum Gasteiger partial charge on any atom is -0.325 e. The van der Waals surface area contributed by atoms with Gasteiger partial charge in [-0.2, -0.15) is 5.26 Å². The molecule has 1 aromatic heterocycles. The molecular formula is C17H14BrN3OS.